The fourth-order valence-electron chi connectivity index (χ4n) is 2.39. The monoisotopic (exact) mass is 316 g/mol. The van der Waals surface area contributed by atoms with Crippen molar-refractivity contribution in [3.63, 3.8) is 0 Å². The van der Waals surface area contributed by atoms with Gasteiger partial charge in [-0.3, -0.25) is 9.78 Å². The lowest BCUT2D eigenvalue weighted by Gasteiger charge is -2.25. The number of aromatic amines is 2. The van der Waals surface area contributed by atoms with E-state index in [4.69, 9.17) is 22.1 Å². The smallest absolute Gasteiger partial charge is 0.326 e. The zero-order valence-corrected chi connectivity index (χ0v) is 11.8. The first-order valence-electron chi connectivity index (χ1n) is 6.21. The van der Waals surface area contributed by atoms with Crippen LogP contribution in [-0.2, 0) is 0 Å². The molecule has 0 fully saturated rings. The second-order valence-electron chi connectivity index (χ2n) is 4.60. The van der Waals surface area contributed by atoms with Gasteiger partial charge in [-0.1, -0.05) is 29.8 Å². The number of nitriles is 1. The first-order chi connectivity index (χ1) is 10.5. The molecule has 0 amide bonds. The lowest BCUT2D eigenvalue weighted by atomic mass is 9.87. The van der Waals surface area contributed by atoms with Gasteiger partial charge >= 0.3 is 5.69 Å². The van der Waals surface area contributed by atoms with Gasteiger partial charge in [-0.2, -0.15) is 5.26 Å². The molecule has 4 N–H and O–H groups in total. The van der Waals surface area contributed by atoms with Crippen molar-refractivity contribution >= 4 is 11.6 Å². The number of nitrogens with two attached hydrogens (primary N) is 1. The Morgan fingerprint density at radius 1 is 1.27 bits per heavy atom. The van der Waals surface area contributed by atoms with Gasteiger partial charge in [0.1, 0.15) is 11.6 Å². The third-order valence-corrected chi connectivity index (χ3v) is 3.66. The van der Waals surface area contributed by atoms with Crippen LogP contribution in [0.3, 0.4) is 0 Å². The van der Waals surface area contributed by atoms with Crippen LogP contribution in [0.15, 0.2) is 45.3 Å². The lowest BCUT2D eigenvalue weighted by molar-refractivity contribution is 0.382. The zero-order chi connectivity index (χ0) is 15.9. The van der Waals surface area contributed by atoms with Crippen molar-refractivity contribution in [1.29, 1.82) is 5.26 Å². The SMILES string of the molecule is N#CC1=C(N)Oc2c([nH]c(=O)[nH]c2=O)C1c1ccccc1Cl. The van der Waals surface area contributed by atoms with E-state index in [1.165, 1.54) is 0 Å². The molecule has 0 aliphatic carbocycles. The predicted octanol–water partition coefficient (Wildman–Crippen LogP) is 0.935. The van der Waals surface area contributed by atoms with Crippen molar-refractivity contribution in [3.8, 4) is 11.8 Å². The van der Waals surface area contributed by atoms with Crippen LogP contribution in [0, 0.1) is 11.3 Å². The summed E-state index contributed by atoms with van der Waals surface area (Å²) in [5, 5.41) is 9.74. The molecule has 8 heteroatoms. The number of hydrogen-bond donors (Lipinski definition) is 3. The van der Waals surface area contributed by atoms with Crippen LogP contribution in [0.2, 0.25) is 5.02 Å². The second kappa shape index (κ2) is 5.09. The lowest BCUT2D eigenvalue weighted by Crippen LogP contribution is -2.32. The van der Waals surface area contributed by atoms with Crippen LogP contribution >= 0.6 is 11.6 Å². The zero-order valence-electron chi connectivity index (χ0n) is 11.0. The van der Waals surface area contributed by atoms with E-state index in [1.54, 1.807) is 24.3 Å². The molecule has 1 atom stereocenters. The van der Waals surface area contributed by atoms with Gasteiger partial charge in [-0.15, -0.1) is 0 Å². The summed E-state index contributed by atoms with van der Waals surface area (Å²) in [6.07, 6.45) is 0. The van der Waals surface area contributed by atoms with E-state index in [1.807, 2.05) is 6.07 Å². The summed E-state index contributed by atoms with van der Waals surface area (Å²) < 4.78 is 5.19. The standard InChI is InChI=1S/C14H9ClN4O3/c15-8-4-2-1-3-6(8)9-7(5-16)12(17)22-11-10(9)18-14(21)19-13(11)20/h1-4,9H,17H2,(H2,18,19,20,21). The maximum atomic E-state index is 11.9. The van der Waals surface area contributed by atoms with Crippen LogP contribution in [0.25, 0.3) is 0 Å². The first kappa shape index (κ1) is 14.0. The minimum atomic E-state index is -0.780. The molecule has 1 aliphatic heterocycles. The number of allylic oxidation sites excluding steroid dienone is 1. The average molecular weight is 317 g/mol. The molecule has 1 unspecified atom stereocenters. The number of rotatable bonds is 1. The van der Waals surface area contributed by atoms with E-state index in [2.05, 4.69) is 9.97 Å². The highest BCUT2D eigenvalue weighted by atomic mass is 35.5. The molecule has 2 heterocycles. The Morgan fingerprint density at radius 2 is 2.00 bits per heavy atom. The summed E-state index contributed by atoms with van der Waals surface area (Å²) in [5.74, 6) is -1.13. The van der Waals surface area contributed by atoms with E-state index in [0.717, 1.165) is 0 Å². The normalized spacial score (nSPS) is 16.6. The maximum Gasteiger partial charge on any atom is 0.326 e. The van der Waals surface area contributed by atoms with E-state index in [-0.39, 0.29) is 22.9 Å². The Kier molecular flexibility index (Phi) is 3.23. The number of aromatic nitrogens is 2. The van der Waals surface area contributed by atoms with Crippen LogP contribution in [0.5, 0.6) is 5.75 Å². The van der Waals surface area contributed by atoms with Crippen LogP contribution in [0.1, 0.15) is 17.2 Å². The molecular formula is C14H9ClN4O3. The molecule has 22 heavy (non-hydrogen) atoms. The molecule has 7 nitrogen and oxygen atoms in total. The highest BCUT2D eigenvalue weighted by Crippen LogP contribution is 2.40. The molecule has 0 saturated heterocycles. The van der Waals surface area contributed by atoms with Gasteiger partial charge in [0, 0.05) is 5.02 Å². The third-order valence-electron chi connectivity index (χ3n) is 3.32. The van der Waals surface area contributed by atoms with Crippen molar-refractivity contribution in [2.24, 2.45) is 5.73 Å². The number of H-pyrrole nitrogens is 2. The average Bonchev–Trinajstić information content (AvgIpc) is 2.48. The van der Waals surface area contributed by atoms with Gasteiger partial charge in [0.2, 0.25) is 11.6 Å². The van der Waals surface area contributed by atoms with E-state index >= 15 is 0 Å². The Balaban J connectivity index is 2.37. The van der Waals surface area contributed by atoms with Gasteiger partial charge in [0.15, 0.2) is 0 Å². The molecule has 0 radical (unpaired) electrons. The van der Waals surface area contributed by atoms with Gasteiger partial charge in [0.25, 0.3) is 5.56 Å². The topological polar surface area (TPSA) is 125 Å². The highest BCUT2D eigenvalue weighted by molar-refractivity contribution is 6.31. The summed E-state index contributed by atoms with van der Waals surface area (Å²) in [4.78, 5) is 28.0. The number of fused-ring (bicyclic) bond motifs is 1. The summed E-state index contributed by atoms with van der Waals surface area (Å²) in [6.45, 7) is 0. The maximum absolute atomic E-state index is 11.9. The number of nitrogens with zero attached hydrogens (tertiary/aromatic N) is 1. The molecular weight excluding hydrogens is 308 g/mol. The van der Waals surface area contributed by atoms with Gasteiger partial charge < -0.3 is 15.5 Å². The van der Waals surface area contributed by atoms with Crippen LogP contribution < -0.4 is 21.7 Å². The first-order valence-corrected chi connectivity index (χ1v) is 6.59. The Labute approximate surface area is 128 Å². The number of halogens is 1. The molecule has 2 aromatic rings. The van der Waals surface area contributed by atoms with Crippen molar-refractivity contribution in [1.82, 2.24) is 9.97 Å². The van der Waals surface area contributed by atoms with Crippen molar-refractivity contribution in [3.05, 3.63) is 72.8 Å². The number of ether oxygens (including phenoxy) is 1. The van der Waals surface area contributed by atoms with E-state index in [9.17, 15) is 14.9 Å². The summed E-state index contributed by atoms with van der Waals surface area (Å²) in [5.41, 5.74) is 5.06. The van der Waals surface area contributed by atoms with Crippen LogP contribution in [-0.4, -0.2) is 9.97 Å². The molecule has 1 aromatic carbocycles. The van der Waals surface area contributed by atoms with E-state index in [0.29, 0.717) is 10.6 Å². The molecule has 3 rings (SSSR count). The van der Waals surface area contributed by atoms with Gasteiger partial charge in [0.05, 0.1) is 11.6 Å². The predicted molar refractivity (Wildman–Crippen MR) is 78.4 cm³/mol. The molecule has 1 aliphatic rings. The number of benzene rings is 1. The third kappa shape index (κ3) is 2.06. The highest BCUT2D eigenvalue weighted by Gasteiger charge is 2.34. The fourth-order valence-corrected chi connectivity index (χ4v) is 2.63. The second-order valence-corrected chi connectivity index (χ2v) is 5.00. The number of nitrogens with one attached hydrogen (secondary N) is 2. The molecule has 0 saturated carbocycles. The summed E-state index contributed by atoms with van der Waals surface area (Å²) >= 11 is 6.18. The van der Waals surface area contributed by atoms with Crippen molar-refractivity contribution in [2.45, 2.75) is 5.92 Å². The molecule has 0 spiro atoms. The van der Waals surface area contributed by atoms with Crippen molar-refractivity contribution in [2.75, 3.05) is 0 Å². The quantitative estimate of drug-likeness (QED) is 0.722. The number of hydrogen-bond acceptors (Lipinski definition) is 5. The summed E-state index contributed by atoms with van der Waals surface area (Å²) in [7, 11) is 0. The molecule has 110 valence electrons. The molecule has 0 bridgehead atoms. The fraction of sp³-hybridized carbons (Fsp3) is 0.0714. The van der Waals surface area contributed by atoms with Crippen molar-refractivity contribution < 1.29 is 4.74 Å². The summed E-state index contributed by atoms with van der Waals surface area (Å²) in [6, 6.07) is 8.73. The largest absolute Gasteiger partial charge is 0.433 e. The Bertz CT molecular complexity index is 952. The van der Waals surface area contributed by atoms with Gasteiger partial charge in [-0.25, -0.2) is 4.79 Å². The van der Waals surface area contributed by atoms with E-state index < -0.39 is 17.2 Å². The minimum absolute atomic E-state index is 0.0712. The Hall–Kier alpha value is -2.98. The minimum Gasteiger partial charge on any atom is -0.433 e. The van der Waals surface area contributed by atoms with Crippen LogP contribution in [0.4, 0.5) is 0 Å². The Morgan fingerprint density at radius 3 is 2.68 bits per heavy atom. The molecule has 1 aromatic heterocycles. The van der Waals surface area contributed by atoms with Gasteiger partial charge in [-0.05, 0) is 11.6 Å².